The van der Waals surface area contributed by atoms with Crippen molar-refractivity contribution in [3.8, 4) is 26.8 Å². The van der Waals surface area contributed by atoms with Gasteiger partial charge in [-0.05, 0) is 53.2 Å². The zero-order chi connectivity index (χ0) is 16.5. The van der Waals surface area contributed by atoms with Crippen molar-refractivity contribution >= 4 is 44.9 Å². The third kappa shape index (κ3) is 2.69. The number of aromatic nitrogens is 1. The number of rotatable bonds is 4. The second-order valence-electron chi connectivity index (χ2n) is 5.22. The number of hydrogen-bond acceptors (Lipinski definition) is 3. The maximum atomic E-state index is 11.7. The van der Waals surface area contributed by atoms with Gasteiger partial charge in [-0.1, -0.05) is 28.1 Å². The number of carbonyl (C=O) groups is 1. The molecule has 3 aromatic heterocycles. The summed E-state index contributed by atoms with van der Waals surface area (Å²) in [5.41, 5.74) is 3.74. The van der Waals surface area contributed by atoms with Gasteiger partial charge >= 0.3 is 0 Å². The maximum absolute atomic E-state index is 11.7. The molecule has 3 heterocycles. The molecule has 118 valence electrons. The molecule has 0 saturated carbocycles. The second-order valence-corrected chi connectivity index (χ2v) is 8.03. The smallest absolute Gasteiger partial charge is 0.152 e. The molecule has 4 rings (SSSR count). The van der Waals surface area contributed by atoms with Crippen molar-refractivity contribution in [3.05, 3.63) is 75.4 Å². The van der Waals surface area contributed by atoms with E-state index >= 15 is 0 Å². The molecule has 0 fully saturated rings. The molecule has 0 atom stereocenters. The van der Waals surface area contributed by atoms with Gasteiger partial charge in [0.05, 0.1) is 21.1 Å². The highest BCUT2D eigenvalue weighted by Gasteiger charge is 2.20. The third-order valence-corrected chi connectivity index (χ3v) is 6.07. The summed E-state index contributed by atoms with van der Waals surface area (Å²) >= 11 is 6.81. The number of thiophene rings is 2. The molecule has 2 nitrogen and oxygen atoms in total. The van der Waals surface area contributed by atoms with Crippen LogP contribution in [-0.4, -0.2) is 10.9 Å². The maximum Gasteiger partial charge on any atom is 0.152 e. The molecule has 0 amide bonds. The number of hydrogen-bond donors (Lipinski definition) is 0. The van der Waals surface area contributed by atoms with Crippen LogP contribution in [0.1, 0.15) is 10.4 Å². The van der Waals surface area contributed by atoms with E-state index in [1.807, 2.05) is 35.7 Å². The van der Waals surface area contributed by atoms with E-state index in [0.29, 0.717) is 5.56 Å². The van der Waals surface area contributed by atoms with Gasteiger partial charge in [-0.15, -0.1) is 22.7 Å². The molecule has 0 bridgehead atoms. The van der Waals surface area contributed by atoms with Gasteiger partial charge < -0.3 is 4.57 Å². The zero-order valence-corrected chi connectivity index (χ0v) is 15.7. The lowest BCUT2D eigenvalue weighted by molar-refractivity contribution is 0.112. The Labute approximate surface area is 156 Å². The second kappa shape index (κ2) is 6.51. The minimum absolute atomic E-state index is 0.712. The quantitative estimate of drug-likeness (QED) is 0.349. The summed E-state index contributed by atoms with van der Waals surface area (Å²) in [6.45, 7) is 0. The van der Waals surface area contributed by atoms with Gasteiger partial charge in [0.15, 0.2) is 6.29 Å². The van der Waals surface area contributed by atoms with E-state index < -0.39 is 0 Å². The average molecular weight is 414 g/mol. The standard InChI is InChI=1S/C19H12BrNOS2/c20-14-5-7-15(8-6-14)21-16(17-3-1-9-23-17)11-13(12-22)19(21)18-4-2-10-24-18/h1-12H. The fourth-order valence-corrected chi connectivity index (χ4v) is 4.53. The molecule has 0 radical (unpaired) electrons. The van der Waals surface area contributed by atoms with E-state index in [0.717, 1.165) is 37.6 Å². The summed E-state index contributed by atoms with van der Waals surface area (Å²) in [4.78, 5) is 14.0. The number of nitrogens with zero attached hydrogens (tertiary/aromatic N) is 1. The van der Waals surface area contributed by atoms with Crippen molar-refractivity contribution in [2.24, 2.45) is 0 Å². The third-order valence-electron chi connectivity index (χ3n) is 3.77. The van der Waals surface area contributed by atoms with Crippen molar-refractivity contribution in [2.75, 3.05) is 0 Å². The molecule has 0 aliphatic carbocycles. The van der Waals surface area contributed by atoms with E-state index in [-0.39, 0.29) is 0 Å². The molecular weight excluding hydrogens is 402 g/mol. The predicted octanol–water partition coefficient (Wildman–Crippen LogP) is 6.51. The highest BCUT2D eigenvalue weighted by Crippen LogP contribution is 2.38. The van der Waals surface area contributed by atoms with Crippen LogP contribution < -0.4 is 0 Å². The van der Waals surface area contributed by atoms with E-state index in [9.17, 15) is 4.79 Å². The molecule has 1 aromatic carbocycles. The SMILES string of the molecule is O=Cc1cc(-c2cccs2)n(-c2ccc(Br)cc2)c1-c1cccs1. The Bertz CT molecular complexity index is 967. The Hall–Kier alpha value is -1.95. The Balaban J connectivity index is 2.05. The van der Waals surface area contributed by atoms with Crippen LogP contribution in [-0.2, 0) is 0 Å². The van der Waals surface area contributed by atoms with Crippen LogP contribution in [0.3, 0.4) is 0 Å². The molecular formula is C19H12BrNOS2. The molecule has 4 aromatic rings. The van der Waals surface area contributed by atoms with Crippen molar-refractivity contribution in [2.45, 2.75) is 0 Å². The first-order chi connectivity index (χ1) is 11.8. The van der Waals surface area contributed by atoms with Crippen molar-refractivity contribution in [1.29, 1.82) is 0 Å². The van der Waals surface area contributed by atoms with Crippen LogP contribution in [0.15, 0.2) is 69.8 Å². The van der Waals surface area contributed by atoms with Gasteiger partial charge in [-0.25, -0.2) is 0 Å². The first-order valence-electron chi connectivity index (χ1n) is 7.32. The van der Waals surface area contributed by atoms with E-state index in [4.69, 9.17) is 0 Å². The molecule has 0 aliphatic rings. The van der Waals surface area contributed by atoms with E-state index in [1.54, 1.807) is 22.7 Å². The first kappa shape index (κ1) is 15.6. The highest BCUT2D eigenvalue weighted by atomic mass is 79.9. The molecule has 0 N–H and O–H groups in total. The topological polar surface area (TPSA) is 22.0 Å². The van der Waals surface area contributed by atoms with Crippen LogP contribution in [0.5, 0.6) is 0 Å². The molecule has 0 unspecified atom stereocenters. The van der Waals surface area contributed by atoms with Gasteiger partial charge in [-0.3, -0.25) is 4.79 Å². The van der Waals surface area contributed by atoms with Crippen LogP contribution in [0.2, 0.25) is 0 Å². The lowest BCUT2D eigenvalue weighted by atomic mass is 10.2. The summed E-state index contributed by atoms with van der Waals surface area (Å²) in [6.07, 6.45) is 0.946. The summed E-state index contributed by atoms with van der Waals surface area (Å²) < 4.78 is 3.21. The summed E-state index contributed by atoms with van der Waals surface area (Å²) in [6, 6.07) is 18.3. The molecule has 0 saturated heterocycles. The average Bonchev–Trinajstić information content (AvgIpc) is 3.34. The fraction of sp³-hybridized carbons (Fsp3) is 0. The summed E-state index contributed by atoms with van der Waals surface area (Å²) in [5.74, 6) is 0. The normalized spacial score (nSPS) is 10.9. The van der Waals surface area contributed by atoms with Crippen LogP contribution >= 0.6 is 38.6 Å². The Morgan fingerprint density at radius 1 is 0.917 bits per heavy atom. The van der Waals surface area contributed by atoms with Gasteiger partial charge in [0.25, 0.3) is 0 Å². The number of aldehydes is 1. The van der Waals surface area contributed by atoms with Gasteiger partial charge in [0, 0.05) is 15.7 Å². The molecule has 0 spiro atoms. The number of benzene rings is 1. The fourth-order valence-electron chi connectivity index (χ4n) is 2.75. The first-order valence-corrected chi connectivity index (χ1v) is 9.88. The lowest BCUT2D eigenvalue weighted by Crippen LogP contribution is -1.98. The molecule has 5 heteroatoms. The number of halogens is 1. The zero-order valence-electron chi connectivity index (χ0n) is 12.5. The predicted molar refractivity (Wildman–Crippen MR) is 105 cm³/mol. The van der Waals surface area contributed by atoms with Gasteiger partial charge in [-0.2, -0.15) is 0 Å². The molecule has 24 heavy (non-hydrogen) atoms. The molecule has 0 aliphatic heterocycles. The minimum atomic E-state index is 0.712. The Morgan fingerprint density at radius 3 is 2.17 bits per heavy atom. The van der Waals surface area contributed by atoms with Gasteiger partial charge in [0.2, 0.25) is 0 Å². The van der Waals surface area contributed by atoms with Crippen LogP contribution in [0, 0.1) is 0 Å². The minimum Gasteiger partial charge on any atom is -0.307 e. The lowest BCUT2D eigenvalue weighted by Gasteiger charge is -2.13. The van der Waals surface area contributed by atoms with E-state index in [1.165, 1.54) is 0 Å². The summed E-state index contributed by atoms with van der Waals surface area (Å²) in [5, 5.41) is 4.09. The van der Waals surface area contributed by atoms with Crippen molar-refractivity contribution < 1.29 is 4.79 Å². The van der Waals surface area contributed by atoms with Gasteiger partial charge in [0.1, 0.15) is 0 Å². The Kier molecular flexibility index (Phi) is 4.22. The van der Waals surface area contributed by atoms with Crippen molar-refractivity contribution in [3.63, 3.8) is 0 Å². The Morgan fingerprint density at radius 2 is 1.58 bits per heavy atom. The largest absolute Gasteiger partial charge is 0.307 e. The summed E-state index contributed by atoms with van der Waals surface area (Å²) in [7, 11) is 0. The van der Waals surface area contributed by atoms with Crippen LogP contribution in [0.25, 0.3) is 26.8 Å². The van der Waals surface area contributed by atoms with E-state index in [2.05, 4.69) is 50.1 Å². The van der Waals surface area contributed by atoms with Crippen molar-refractivity contribution in [1.82, 2.24) is 4.57 Å². The van der Waals surface area contributed by atoms with Crippen LogP contribution in [0.4, 0.5) is 0 Å². The highest BCUT2D eigenvalue weighted by molar-refractivity contribution is 9.10. The number of carbonyl (C=O) groups excluding carboxylic acids is 1. The monoisotopic (exact) mass is 413 g/mol.